The van der Waals surface area contributed by atoms with Crippen molar-refractivity contribution in [1.29, 1.82) is 0 Å². The van der Waals surface area contributed by atoms with Crippen molar-refractivity contribution in [2.75, 3.05) is 24.7 Å². The molecule has 0 aromatic carbocycles. The number of carbonyl (C=O) groups is 2. The van der Waals surface area contributed by atoms with E-state index in [1.165, 1.54) is 16.7 Å². The summed E-state index contributed by atoms with van der Waals surface area (Å²) in [6.45, 7) is 5.96. The molecule has 114 valence electrons. The third kappa shape index (κ3) is 2.90. The predicted octanol–water partition coefficient (Wildman–Crippen LogP) is 2.47. The molecule has 5 nitrogen and oxygen atoms in total. The molecule has 2 fully saturated rings. The monoisotopic (exact) mass is 300 g/mol. The molecule has 2 amide bonds. The minimum atomic E-state index is -0.892. The Labute approximate surface area is 124 Å². The fourth-order valence-corrected chi connectivity index (χ4v) is 4.29. The lowest BCUT2D eigenvalue weighted by Gasteiger charge is -2.42. The van der Waals surface area contributed by atoms with Crippen LogP contribution in [0.15, 0.2) is 0 Å². The molecule has 0 unspecified atom stereocenters. The van der Waals surface area contributed by atoms with Crippen LogP contribution in [0.1, 0.15) is 39.5 Å². The Balaban J connectivity index is 1.96. The van der Waals surface area contributed by atoms with E-state index in [4.69, 9.17) is 5.11 Å². The van der Waals surface area contributed by atoms with Crippen LogP contribution in [0.4, 0.5) is 4.79 Å². The lowest BCUT2D eigenvalue weighted by Crippen LogP contribution is -2.52. The zero-order valence-corrected chi connectivity index (χ0v) is 13.1. The van der Waals surface area contributed by atoms with Gasteiger partial charge in [-0.25, -0.2) is 9.59 Å². The van der Waals surface area contributed by atoms with Gasteiger partial charge in [0.25, 0.3) is 0 Å². The van der Waals surface area contributed by atoms with Gasteiger partial charge in [-0.2, -0.15) is 0 Å². The van der Waals surface area contributed by atoms with Crippen molar-refractivity contribution in [2.45, 2.75) is 45.6 Å². The van der Waals surface area contributed by atoms with Gasteiger partial charge in [-0.05, 0) is 18.3 Å². The number of hydrogen-bond donors (Lipinski definition) is 1. The maximum absolute atomic E-state index is 12.5. The Hall–Kier alpha value is -0.910. The van der Waals surface area contributed by atoms with Crippen molar-refractivity contribution in [3.8, 4) is 0 Å². The van der Waals surface area contributed by atoms with Gasteiger partial charge >= 0.3 is 12.0 Å². The maximum atomic E-state index is 12.5. The average Bonchev–Trinajstić information content (AvgIpc) is 2.96. The molecule has 0 radical (unpaired) electrons. The second-order valence-corrected chi connectivity index (χ2v) is 6.80. The SMILES string of the molecule is CCC1(CC)CCN(C(=O)N2CSC[C@H]2C(=O)O)CC1. The Kier molecular flexibility index (Phi) is 4.83. The van der Waals surface area contributed by atoms with Crippen LogP contribution < -0.4 is 0 Å². The molecule has 0 spiro atoms. The Morgan fingerprint density at radius 2 is 1.85 bits per heavy atom. The largest absolute Gasteiger partial charge is 0.480 e. The number of hydrogen-bond acceptors (Lipinski definition) is 3. The Bertz CT molecular complexity index is 375. The van der Waals surface area contributed by atoms with Crippen molar-refractivity contribution in [3.63, 3.8) is 0 Å². The third-order valence-corrected chi connectivity index (χ3v) is 6.02. The number of carbonyl (C=O) groups excluding carboxylic acids is 1. The first-order chi connectivity index (χ1) is 9.53. The summed E-state index contributed by atoms with van der Waals surface area (Å²) in [7, 11) is 0. The molecule has 2 aliphatic rings. The minimum absolute atomic E-state index is 0.0943. The smallest absolute Gasteiger partial charge is 0.327 e. The summed E-state index contributed by atoms with van der Waals surface area (Å²) < 4.78 is 0. The van der Waals surface area contributed by atoms with Gasteiger partial charge in [-0.3, -0.25) is 0 Å². The molecule has 2 heterocycles. The van der Waals surface area contributed by atoms with E-state index >= 15 is 0 Å². The van der Waals surface area contributed by atoms with Gasteiger partial charge in [0, 0.05) is 18.8 Å². The number of likely N-dealkylation sites (tertiary alicyclic amines) is 1. The zero-order chi connectivity index (χ0) is 14.8. The van der Waals surface area contributed by atoms with Crippen molar-refractivity contribution in [1.82, 2.24) is 9.80 Å². The van der Waals surface area contributed by atoms with Gasteiger partial charge in [0.05, 0.1) is 5.88 Å². The molecule has 0 aromatic heterocycles. The highest BCUT2D eigenvalue weighted by Crippen LogP contribution is 2.38. The summed E-state index contributed by atoms with van der Waals surface area (Å²) in [5.41, 5.74) is 0.378. The third-order valence-electron chi connectivity index (χ3n) is 5.01. The lowest BCUT2D eigenvalue weighted by atomic mass is 9.74. The Morgan fingerprint density at radius 3 is 2.35 bits per heavy atom. The molecule has 20 heavy (non-hydrogen) atoms. The highest BCUT2D eigenvalue weighted by atomic mass is 32.2. The Morgan fingerprint density at radius 1 is 1.25 bits per heavy atom. The molecule has 2 rings (SSSR count). The normalized spacial score (nSPS) is 25.8. The van der Waals surface area contributed by atoms with E-state index in [-0.39, 0.29) is 6.03 Å². The summed E-state index contributed by atoms with van der Waals surface area (Å²) >= 11 is 1.52. The second kappa shape index (κ2) is 6.24. The van der Waals surface area contributed by atoms with E-state index in [2.05, 4.69) is 13.8 Å². The van der Waals surface area contributed by atoms with Crippen LogP contribution in [0, 0.1) is 5.41 Å². The molecule has 2 saturated heterocycles. The summed E-state index contributed by atoms with van der Waals surface area (Å²) in [6, 6.07) is -0.750. The fraction of sp³-hybridized carbons (Fsp3) is 0.857. The molecular weight excluding hydrogens is 276 g/mol. The molecule has 0 saturated carbocycles. The zero-order valence-electron chi connectivity index (χ0n) is 12.3. The average molecular weight is 300 g/mol. The van der Waals surface area contributed by atoms with E-state index in [0.717, 1.165) is 38.8 Å². The van der Waals surface area contributed by atoms with Crippen LogP contribution in [0.3, 0.4) is 0 Å². The number of rotatable bonds is 3. The van der Waals surface area contributed by atoms with Crippen LogP contribution >= 0.6 is 11.8 Å². The predicted molar refractivity (Wildman–Crippen MR) is 79.8 cm³/mol. The van der Waals surface area contributed by atoms with Gasteiger partial charge < -0.3 is 14.9 Å². The molecule has 1 N–H and O–H groups in total. The van der Waals surface area contributed by atoms with E-state index in [0.29, 0.717) is 17.0 Å². The quantitative estimate of drug-likeness (QED) is 0.870. The minimum Gasteiger partial charge on any atom is -0.480 e. The molecule has 6 heteroatoms. The number of thioether (sulfide) groups is 1. The highest BCUT2D eigenvalue weighted by Gasteiger charge is 2.39. The number of aliphatic carboxylic acids is 1. The van der Waals surface area contributed by atoms with E-state index in [1.54, 1.807) is 0 Å². The van der Waals surface area contributed by atoms with Crippen LogP contribution in [-0.4, -0.2) is 57.7 Å². The van der Waals surface area contributed by atoms with Crippen LogP contribution in [0.2, 0.25) is 0 Å². The molecule has 2 aliphatic heterocycles. The van der Waals surface area contributed by atoms with Crippen LogP contribution in [-0.2, 0) is 4.79 Å². The van der Waals surface area contributed by atoms with Gasteiger partial charge in [-0.15, -0.1) is 11.8 Å². The van der Waals surface area contributed by atoms with Gasteiger partial charge in [0.15, 0.2) is 0 Å². The summed E-state index contributed by atoms with van der Waals surface area (Å²) in [5, 5.41) is 9.16. The number of carboxylic acids is 1. The lowest BCUT2D eigenvalue weighted by molar-refractivity contribution is -0.141. The number of amides is 2. The molecule has 1 atom stereocenters. The van der Waals surface area contributed by atoms with Crippen molar-refractivity contribution in [2.24, 2.45) is 5.41 Å². The van der Waals surface area contributed by atoms with Gasteiger partial charge in [0.1, 0.15) is 6.04 Å². The molecule has 0 bridgehead atoms. The van der Waals surface area contributed by atoms with Gasteiger partial charge in [-0.1, -0.05) is 26.7 Å². The molecular formula is C14H24N2O3S. The fourth-order valence-electron chi connectivity index (χ4n) is 3.15. The standard InChI is InChI=1S/C14H24N2O3S/c1-3-14(4-2)5-7-15(8-6-14)13(19)16-10-20-9-11(16)12(17)18/h11H,3-10H2,1-2H3,(H,17,18)/t11-/m0/s1. The van der Waals surface area contributed by atoms with E-state index in [9.17, 15) is 9.59 Å². The number of urea groups is 1. The first-order valence-corrected chi connectivity index (χ1v) is 8.54. The second-order valence-electron chi connectivity index (χ2n) is 5.80. The highest BCUT2D eigenvalue weighted by molar-refractivity contribution is 7.99. The first-order valence-electron chi connectivity index (χ1n) is 7.39. The number of carboxylic acid groups (broad SMARTS) is 1. The van der Waals surface area contributed by atoms with Crippen molar-refractivity contribution in [3.05, 3.63) is 0 Å². The summed E-state index contributed by atoms with van der Waals surface area (Å²) in [4.78, 5) is 27.0. The maximum Gasteiger partial charge on any atom is 0.327 e. The van der Waals surface area contributed by atoms with Crippen LogP contribution in [0.5, 0.6) is 0 Å². The van der Waals surface area contributed by atoms with Crippen LogP contribution in [0.25, 0.3) is 0 Å². The summed E-state index contributed by atoms with van der Waals surface area (Å²) in [5.74, 6) is 0.110. The summed E-state index contributed by atoms with van der Waals surface area (Å²) in [6.07, 6.45) is 4.38. The van der Waals surface area contributed by atoms with Crippen molar-refractivity contribution >= 4 is 23.8 Å². The number of nitrogens with zero attached hydrogens (tertiary/aromatic N) is 2. The number of piperidine rings is 1. The molecule has 0 aromatic rings. The van der Waals surface area contributed by atoms with E-state index in [1.807, 2.05) is 4.90 Å². The molecule has 0 aliphatic carbocycles. The van der Waals surface area contributed by atoms with Gasteiger partial charge in [0.2, 0.25) is 0 Å². The first kappa shape index (κ1) is 15.5. The van der Waals surface area contributed by atoms with Crippen molar-refractivity contribution < 1.29 is 14.7 Å². The topological polar surface area (TPSA) is 60.9 Å². The van der Waals surface area contributed by atoms with E-state index < -0.39 is 12.0 Å².